The number of nitrogens with one attached hydrogen (secondary N) is 2. The number of aromatic nitrogens is 1. The molecule has 1 atom stereocenters. The molecule has 1 aromatic heterocycles. The molecule has 0 amide bonds. The monoisotopic (exact) mass is 358 g/mol. The highest BCUT2D eigenvalue weighted by Gasteiger charge is 2.14. The molecule has 26 heavy (non-hydrogen) atoms. The van der Waals surface area contributed by atoms with Crippen LogP contribution in [0, 0.1) is 0 Å². The lowest BCUT2D eigenvalue weighted by Crippen LogP contribution is -2.39. The molecule has 1 unspecified atom stereocenters. The Morgan fingerprint density at radius 1 is 1.15 bits per heavy atom. The van der Waals surface area contributed by atoms with Gasteiger partial charge in [0.1, 0.15) is 5.76 Å². The van der Waals surface area contributed by atoms with Crippen LogP contribution in [0.5, 0.6) is 0 Å². The van der Waals surface area contributed by atoms with Gasteiger partial charge in [-0.2, -0.15) is 0 Å². The van der Waals surface area contributed by atoms with Gasteiger partial charge in [-0.25, -0.2) is 4.99 Å². The molecule has 6 heteroatoms. The third-order valence-electron chi connectivity index (χ3n) is 4.26. The van der Waals surface area contributed by atoms with Gasteiger partial charge in [-0.05, 0) is 18.9 Å². The maximum absolute atomic E-state index is 5.62. The predicted octanol–water partition coefficient (Wildman–Crippen LogP) is 3.24. The molecule has 1 aromatic carbocycles. The van der Waals surface area contributed by atoms with E-state index in [1.54, 1.807) is 7.11 Å². The van der Waals surface area contributed by atoms with Crippen LogP contribution in [0.1, 0.15) is 49.5 Å². The SMILES string of the molecule is CCNC(=NCc1c(CC)noc1CC)NCC(OC)c1ccccc1. The third kappa shape index (κ3) is 5.33. The predicted molar refractivity (Wildman–Crippen MR) is 104 cm³/mol. The molecule has 0 bridgehead atoms. The molecule has 0 saturated carbocycles. The number of rotatable bonds is 9. The molecule has 0 aliphatic carbocycles. The first-order chi connectivity index (χ1) is 12.7. The van der Waals surface area contributed by atoms with E-state index in [4.69, 9.17) is 14.3 Å². The fraction of sp³-hybridized carbons (Fsp3) is 0.500. The van der Waals surface area contributed by atoms with Crippen molar-refractivity contribution in [2.75, 3.05) is 20.2 Å². The van der Waals surface area contributed by atoms with Crippen LogP contribution < -0.4 is 10.6 Å². The van der Waals surface area contributed by atoms with Gasteiger partial charge in [0.25, 0.3) is 0 Å². The second kappa shape index (κ2) is 10.6. The van der Waals surface area contributed by atoms with Crippen LogP contribution >= 0.6 is 0 Å². The summed E-state index contributed by atoms with van der Waals surface area (Å²) in [6, 6.07) is 10.2. The van der Waals surface area contributed by atoms with E-state index in [0.717, 1.165) is 47.9 Å². The van der Waals surface area contributed by atoms with E-state index >= 15 is 0 Å². The summed E-state index contributed by atoms with van der Waals surface area (Å²) >= 11 is 0. The van der Waals surface area contributed by atoms with Crippen molar-refractivity contribution in [1.82, 2.24) is 15.8 Å². The highest BCUT2D eigenvalue weighted by molar-refractivity contribution is 5.79. The summed E-state index contributed by atoms with van der Waals surface area (Å²) in [4.78, 5) is 4.71. The summed E-state index contributed by atoms with van der Waals surface area (Å²) in [5.41, 5.74) is 3.22. The van der Waals surface area contributed by atoms with E-state index in [1.807, 2.05) is 18.2 Å². The van der Waals surface area contributed by atoms with Crippen LogP contribution in [0.15, 0.2) is 39.8 Å². The second-order valence-corrected chi connectivity index (χ2v) is 5.95. The maximum atomic E-state index is 5.62. The van der Waals surface area contributed by atoms with Crippen LogP contribution in [-0.4, -0.2) is 31.3 Å². The van der Waals surface area contributed by atoms with Crippen LogP contribution in [-0.2, 0) is 24.1 Å². The van der Waals surface area contributed by atoms with Gasteiger partial charge in [0, 0.05) is 32.2 Å². The lowest BCUT2D eigenvalue weighted by atomic mass is 10.1. The fourth-order valence-electron chi connectivity index (χ4n) is 2.81. The Kier molecular flexibility index (Phi) is 8.15. The highest BCUT2D eigenvalue weighted by atomic mass is 16.5. The maximum Gasteiger partial charge on any atom is 0.191 e. The van der Waals surface area contributed by atoms with Gasteiger partial charge in [-0.1, -0.05) is 49.3 Å². The quantitative estimate of drug-likeness (QED) is 0.532. The molecule has 0 saturated heterocycles. The minimum atomic E-state index is -0.0342. The number of benzene rings is 1. The number of aliphatic imine (C=N–C) groups is 1. The number of aryl methyl sites for hydroxylation is 2. The first-order valence-corrected chi connectivity index (χ1v) is 9.29. The van der Waals surface area contributed by atoms with Crippen molar-refractivity contribution >= 4 is 5.96 Å². The molecule has 2 rings (SSSR count). The van der Waals surface area contributed by atoms with Crippen molar-refractivity contribution in [2.24, 2.45) is 4.99 Å². The Hall–Kier alpha value is -2.34. The van der Waals surface area contributed by atoms with E-state index in [2.05, 4.69) is 48.7 Å². The van der Waals surface area contributed by atoms with E-state index in [-0.39, 0.29) is 6.10 Å². The summed E-state index contributed by atoms with van der Waals surface area (Å²) in [5, 5.41) is 10.8. The van der Waals surface area contributed by atoms with Crippen molar-refractivity contribution in [3.63, 3.8) is 0 Å². The lowest BCUT2D eigenvalue weighted by Gasteiger charge is -2.18. The Morgan fingerprint density at radius 3 is 2.54 bits per heavy atom. The smallest absolute Gasteiger partial charge is 0.191 e. The zero-order valence-corrected chi connectivity index (χ0v) is 16.2. The normalized spacial score (nSPS) is 12.8. The molecular weight excluding hydrogens is 328 g/mol. The van der Waals surface area contributed by atoms with Crippen molar-refractivity contribution < 1.29 is 9.26 Å². The summed E-state index contributed by atoms with van der Waals surface area (Å²) in [7, 11) is 1.72. The van der Waals surface area contributed by atoms with E-state index in [1.165, 1.54) is 0 Å². The molecule has 0 aliphatic heterocycles. The lowest BCUT2D eigenvalue weighted by molar-refractivity contribution is 0.106. The van der Waals surface area contributed by atoms with Gasteiger partial charge in [-0.15, -0.1) is 0 Å². The Morgan fingerprint density at radius 2 is 1.92 bits per heavy atom. The van der Waals surface area contributed by atoms with Crippen molar-refractivity contribution in [3.8, 4) is 0 Å². The van der Waals surface area contributed by atoms with Crippen molar-refractivity contribution in [2.45, 2.75) is 46.3 Å². The molecule has 2 aromatic rings. The minimum absolute atomic E-state index is 0.0342. The molecule has 2 N–H and O–H groups in total. The second-order valence-electron chi connectivity index (χ2n) is 5.95. The van der Waals surface area contributed by atoms with Crippen molar-refractivity contribution in [1.29, 1.82) is 0 Å². The van der Waals surface area contributed by atoms with Gasteiger partial charge in [0.2, 0.25) is 0 Å². The third-order valence-corrected chi connectivity index (χ3v) is 4.26. The molecule has 6 nitrogen and oxygen atoms in total. The zero-order valence-electron chi connectivity index (χ0n) is 16.2. The van der Waals surface area contributed by atoms with Gasteiger partial charge in [0.15, 0.2) is 5.96 Å². The topological polar surface area (TPSA) is 71.7 Å². The number of hydrogen-bond acceptors (Lipinski definition) is 4. The van der Waals surface area contributed by atoms with E-state index in [9.17, 15) is 0 Å². The van der Waals surface area contributed by atoms with Crippen LogP contribution in [0.3, 0.4) is 0 Å². The standard InChI is InChI=1S/C20H30N4O2/c1-5-17-16(18(6-2)26-24-17)13-22-20(21-7-3)23-14-19(25-4)15-11-9-8-10-12-15/h8-12,19H,5-7,13-14H2,1-4H3,(H2,21,22,23). The molecule has 0 aliphatic rings. The fourth-order valence-corrected chi connectivity index (χ4v) is 2.81. The van der Waals surface area contributed by atoms with Crippen LogP contribution in [0.2, 0.25) is 0 Å². The van der Waals surface area contributed by atoms with Gasteiger partial charge < -0.3 is 19.9 Å². The number of hydrogen-bond donors (Lipinski definition) is 2. The summed E-state index contributed by atoms with van der Waals surface area (Å²) < 4.78 is 11.0. The van der Waals surface area contributed by atoms with Gasteiger partial charge >= 0.3 is 0 Å². The summed E-state index contributed by atoms with van der Waals surface area (Å²) in [5.74, 6) is 1.68. The molecular formula is C20H30N4O2. The summed E-state index contributed by atoms with van der Waals surface area (Å²) in [6.45, 7) is 8.18. The number of methoxy groups -OCH3 is 1. The highest BCUT2D eigenvalue weighted by Crippen LogP contribution is 2.17. The van der Waals surface area contributed by atoms with Gasteiger partial charge in [-0.3, -0.25) is 0 Å². The van der Waals surface area contributed by atoms with E-state index in [0.29, 0.717) is 13.1 Å². The minimum Gasteiger partial charge on any atom is -0.375 e. The number of guanidine groups is 1. The molecule has 0 spiro atoms. The zero-order chi connectivity index (χ0) is 18.8. The average Bonchev–Trinajstić information content (AvgIpc) is 3.09. The Bertz CT molecular complexity index is 661. The van der Waals surface area contributed by atoms with Crippen molar-refractivity contribution in [3.05, 3.63) is 52.9 Å². The van der Waals surface area contributed by atoms with E-state index < -0.39 is 0 Å². The number of nitrogens with zero attached hydrogens (tertiary/aromatic N) is 2. The largest absolute Gasteiger partial charge is 0.375 e. The molecule has 0 fully saturated rings. The first-order valence-electron chi connectivity index (χ1n) is 9.29. The summed E-state index contributed by atoms with van der Waals surface area (Å²) in [6.07, 6.45) is 1.63. The molecule has 142 valence electrons. The first kappa shape index (κ1) is 20.0. The molecule has 0 radical (unpaired) electrons. The van der Waals surface area contributed by atoms with Crippen LogP contribution in [0.25, 0.3) is 0 Å². The average molecular weight is 358 g/mol. The van der Waals surface area contributed by atoms with Crippen LogP contribution in [0.4, 0.5) is 0 Å². The molecule has 1 heterocycles. The van der Waals surface area contributed by atoms with Gasteiger partial charge in [0.05, 0.1) is 18.3 Å². The Balaban J connectivity index is 2.06. The number of ether oxygens (including phenoxy) is 1. The Labute approximate surface area is 156 Å².